The second-order valence-electron chi connectivity index (χ2n) is 3.79. The first kappa shape index (κ1) is 9.89. The maximum absolute atomic E-state index is 11.5. The van der Waals surface area contributed by atoms with E-state index < -0.39 is 0 Å². The minimum atomic E-state index is 0.361. The van der Waals surface area contributed by atoms with E-state index in [2.05, 4.69) is 0 Å². The number of hydrogen-bond donors (Lipinski definition) is 1. The highest BCUT2D eigenvalue weighted by atomic mass is 16.5. The summed E-state index contributed by atoms with van der Waals surface area (Å²) in [6, 6.07) is 0. The van der Waals surface area contributed by atoms with E-state index in [4.69, 9.17) is 0 Å². The normalized spacial score (nSPS) is 11.2. The largest absolute Gasteiger partial charge is 0.710 e. The Balaban J connectivity index is 3.13. The zero-order valence-electron chi connectivity index (χ0n) is 8.53. The summed E-state index contributed by atoms with van der Waals surface area (Å²) in [4.78, 5) is 0. The van der Waals surface area contributed by atoms with Gasteiger partial charge in [0.1, 0.15) is 5.69 Å². The van der Waals surface area contributed by atoms with Crippen molar-refractivity contribution in [3.05, 3.63) is 22.4 Å². The Hall–Kier alpha value is -1.19. The maximum Gasteiger partial charge on any atom is 0.300 e. The molecule has 4 heteroatoms. The summed E-state index contributed by atoms with van der Waals surface area (Å²) >= 11 is 0. The van der Waals surface area contributed by atoms with E-state index in [1.54, 1.807) is 13.8 Å². The smallest absolute Gasteiger partial charge is 0.300 e. The Morgan fingerprint density at radius 2 is 2.00 bits per heavy atom. The third-order valence-corrected chi connectivity index (χ3v) is 2.22. The summed E-state index contributed by atoms with van der Waals surface area (Å²) in [5, 5.41) is 21.0. The molecule has 0 atom stereocenters. The van der Waals surface area contributed by atoms with Crippen LogP contribution >= 0.6 is 0 Å². The SMILES string of the molecule is Cc1c(C)[n+]([O-])c(CC(C)C)n1O. The van der Waals surface area contributed by atoms with Gasteiger partial charge in [-0.05, 0) is 10.6 Å². The molecule has 0 aromatic carbocycles. The Morgan fingerprint density at radius 1 is 1.46 bits per heavy atom. The van der Waals surface area contributed by atoms with Gasteiger partial charge in [-0.15, -0.1) is 0 Å². The van der Waals surface area contributed by atoms with Gasteiger partial charge in [-0.2, -0.15) is 0 Å². The first-order valence-corrected chi connectivity index (χ1v) is 4.44. The number of aromatic nitrogens is 2. The van der Waals surface area contributed by atoms with Crippen molar-refractivity contribution in [2.75, 3.05) is 0 Å². The van der Waals surface area contributed by atoms with Crippen molar-refractivity contribution in [2.24, 2.45) is 5.92 Å². The maximum atomic E-state index is 11.5. The molecule has 74 valence electrons. The van der Waals surface area contributed by atoms with E-state index in [0.717, 1.165) is 9.46 Å². The number of rotatable bonds is 2. The van der Waals surface area contributed by atoms with Gasteiger partial charge in [0.2, 0.25) is 0 Å². The van der Waals surface area contributed by atoms with Crippen LogP contribution in [0, 0.1) is 25.0 Å². The third-order valence-electron chi connectivity index (χ3n) is 2.22. The number of hydrogen-bond acceptors (Lipinski definition) is 2. The highest BCUT2D eigenvalue weighted by molar-refractivity contribution is 5.05. The number of nitrogens with zero attached hydrogens (tertiary/aromatic N) is 2. The van der Waals surface area contributed by atoms with Crippen molar-refractivity contribution in [3.8, 4) is 0 Å². The molecule has 0 unspecified atom stereocenters. The molecule has 0 saturated heterocycles. The van der Waals surface area contributed by atoms with Gasteiger partial charge in [-0.3, -0.25) is 0 Å². The predicted molar refractivity (Wildman–Crippen MR) is 48.6 cm³/mol. The minimum Gasteiger partial charge on any atom is -0.710 e. The molecule has 0 saturated carbocycles. The summed E-state index contributed by atoms with van der Waals surface area (Å²) < 4.78 is 1.79. The first-order chi connectivity index (χ1) is 5.95. The molecule has 0 aliphatic heterocycles. The molecule has 1 rings (SSSR count). The van der Waals surface area contributed by atoms with E-state index in [1.165, 1.54) is 0 Å². The molecule has 0 radical (unpaired) electrons. The molecule has 0 fully saturated rings. The lowest BCUT2D eigenvalue weighted by molar-refractivity contribution is -0.622. The quantitative estimate of drug-likeness (QED) is 0.426. The third kappa shape index (κ3) is 1.61. The van der Waals surface area contributed by atoms with E-state index in [9.17, 15) is 10.4 Å². The minimum absolute atomic E-state index is 0.361. The Morgan fingerprint density at radius 3 is 2.31 bits per heavy atom. The van der Waals surface area contributed by atoms with Crippen LogP contribution < -0.4 is 4.73 Å². The van der Waals surface area contributed by atoms with Gasteiger partial charge in [0.25, 0.3) is 5.82 Å². The van der Waals surface area contributed by atoms with E-state index in [-0.39, 0.29) is 0 Å². The van der Waals surface area contributed by atoms with Crippen LogP contribution in [-0.4, -0.2) is 9.94 Å². The van der Waals surface area contributed by atoms with Gasteiger partial charge in [-0.1, -0.05) is 13.8 Å². The van der Waals surface area contributed by atoms with Crippen LogP contribution in [0.2, 0.25) is 0 Å². The Labute approximate surface area is 78.0 Å². The predicted octanol–water partition coefficient (Wildman–Crippen LogP) is 1.17. The summed E-state index contributed by atoms with van der Waals surface area (Å²) in [6.45, 7) is 7.46. The van der Waals surface area contributed by atoms with Crippen LogP contribution in [0.4, 0.5) is 0 Å². The first-order valence-electron chi connectivity index (χ1n) is 4.44. The lowest BCUT2D eigenvalue weighted by Crippen LogP contribution is -2.34. The molecule has 1 heterocycles. The summed E-state index contributed by atoms with van der Waals surface area (Å²) in [7, 11) is 0. The second-order valence-corrected chi connectivity index (χ2v) is 3.79. The number of imidazole rings is 1. The van der Waals surface area contributed by atoms with E-state index in [1.807, 2.05) is 13.8 Å². The summed E-state index contributed by atoms with van der Waals surface area (Å²) in [5.74, 6) is 0.782. The van der Waals surface area contributed by atoms with Gasteiger partial charge < -0.3 is 10.4 Å². The molecule has 1 aromatic rings. The zero-order chi connectivity index (χ0) is 10.2. The van der Waals surface area contributed by atoms with E-state index in [0.29, 0.717) is 29.6 Å². The monoisotopic (exact) mass is 184 g/mol. The van der Waals surface area contributed by atoms with Gasteiger partial charge in [0.05, 0.1) is 6.42 Å². The van der Waals surface area contributed by atoms with Crippen molar-refractivity contribution in [2.45, 2.75) is 34.1 Å². The zero-order valence-corrected chi connectivity index (χ0v) is 8.53. The van der Waals surface area contributed by atoms with Gasteiger partial charge >= 0.3 is 0 Å². The van der Waals surface area contributed by atoms with Crippen molar-refractivity contribution in [1.82, 2.24) is 4.73 Å². The summed E-state index contributed by atoms with van der Waals surface area (Å²) in [6.07, 6.45) is 0.592. The Kier molecular flexibility index (Phi) is 2.50. The van der Waals surface area contributed by atoms with Crippen LogP contribution in [0.15, 0.2) is 0 Å². The van der Waals surface area contributed by atoms with Crippen molar-refractivity contribution in [3.63, 3.8) is 0 Å². The second kappa shape index (κ2) is 3.28. The van der Waals surface area contributed by atoms with Crippen LogP contribution in [-0.2, 0) is 6.42 Å². The molecule has 0 aliphatic carbocycles. The van der Waals surface area contributed by atoms with E-state index >= 15 is 0 Å². The van der Waals surface area contributed by atoms with Crippen molar-refractivity contribution in [1.29, 1.82) is 0 Å². The van der Waals surface area contributed by atoms with Crippen LogP contribution in [0.1, 0.15) is 31.1 Å². The fraction of sp³-hybridized carbons (Fsp3) is 0.667. The van der Waals surface area contributed by atoms with Gasteiger partial charge in [0, 0.05) is 13.8 Å². The highest BCUT2D eigenvalue weighted by Crippen LogP contribution is 2.09. The average molecular weight is 184 g/mol. The fourth-order valence-corrected chi connectivity index (χ4v) is 1.31. The molecule has 0 bridgehead atoms. The molecular formula is C9H16N2O2. The van der Waals surface area contributed by atoms with Crippen LogP contribution in [0.3, 0.4) is 0 Å². The standard InChI is InChI=1S/C9H16N2O2/c1-6(2)5-9-10(12)7(3)8(4)11(9)13/h6,12H,5H2,1-4H3. The average Bonchev–Trinajstić information content (AvgIpc) is 2.22. The lowest BCUT2D eigenvalue weighted by Gasteiger charge is -2.05. The molecule has 4 nitrogen and oxygen atoms in total. The fourth-order valence-electron chi connectivity index (χ4n) is 1.31. The molecule has 0 spiro atoms. The molecular weight excluding hydrogens is 168 g/mol. The molecule has 1 aromatic heterocycles. The molecule has 0 amide bonds. The van der Waals surface area contributed by atoms with Crippen molar-refractivity contribution < 1.29 is 9.94 Å². The van der Waals surface area contributed by atoms with Crippen LogP contribution in [0.5, 0.6) is 0 Å². The van der Waals surface area contributed by atoms with Gasteiger partial charge in [-0.25, -0.2) is 4.73 Å². The molecule has 1 N–H and O–H groups in total. The highest BCUT2D eigenvalue weighted by Gasteiger charge is 2.22. The Bertz CT molecular complexity index is 290. The summed E-state index contributed by atoms with van der Waals surface area (Å²) in [5.41, 5.74) is 1.18. The lowest BCUT2D eigenvalue weighted by atomic mass is 10.1. The molecule has 13 heavy (non-hydrogen) atoms. The van der Waals surface area contributed by atoms with Crippen LogP contribution in [0.25, 0.3) is 0 Å². The molecule has 0 aliphatic rings. The topological polar surface area (TPSA) is 52.1 Å². The van der Waals surface area contributed by atoms with Gasteiger partial charge in [0.15, 0.2) is 5.69 Å². The van der Waals surface area contributed by atoms with Crippen molar-refractivity contribution >= 4 is 0 Å².